The zero-order valence-corrected chi connectivity index (χ0v) is 11.8. The Morgan fingerprint density at radius 1 is 1.42 bits per heavy atom. The van der Waals surface area contributed by atoms with E-state index in [1.165, 1.54) is 18.4 Å². The molecule has 2 rings (SSSR count). The second-order valence-electron chi connectivity index (χ2n) is 5.32. The summed E-state index contributed by atoms with van der Waals surface area (Å²) in [4.78, 5) is 2.47. The lowest BCUT2D eigenvalue weighted by Gasteiger charge is -2.36. The summed E-state index contributed by atoms with van der Waals surface area (Å²) in [7, 11) is 1.58. The number of nitrogens with two attached hydrogens (primary N) is 1. The lowest BCUT2D eigenvalue weighted by Crippen LogP contribution is -2.37. The minimum Gasteiger partial charge on any atom is -0.504 e. The minimum absolute atomic E-state index is 0.195. The molecule has 1 saturated heterocycles. The highest BCUT2D eigenvalue weighted by molar-refractivity contribution is 5.42. The first kappa shape index (κ1) is 14.2. The Bertz CT molecular complexity index is 415. The van der Waals surface area contributed by atoms with Crippen molar-refractivity contribution in [1.29, 1.82) is 0 Å². The highest BCUT2D eigenvalue weighted by Gasteiger charge is 2.23. The van der Waals surface area contributed by atoms with Gasteiger partial charge in [0, 0.05) is 6.04 Å². The highest BCUT2D eigenvalue weighted by atomic mass is 16.5. The van der Waals surface area contributed by atoms with Gasteiger partial charge < -0.3 is 15.6 Å². The molecule has 0 saturated carbocycles. The zero-order chi connectivity index (χ0) is 13.8. The van der Waals surface area contributed by atoms with Crippen LogP contribution in [0.4, 0.5) is 0 Å². The van der Waals surface area contributed by atoms with Gasteiger partial charge in [0.05, 0.1) is 7.11 Å². The Kier molecular flexibility index (Phi) is 4.66. The maximum absolute atomic E-state index is 9.64. The van der Waals surface area contributed by atoms with Crippen molar-refractivity contribution >= 4 is 0 Å². The molecule has 4 heteroatoms. The molecule has 3 N–H and O–H groups in total. The fraction of sp³-hybridized carbons (Fsp3) is 0.600. The number of phenolic OH excluding ortho intramolecular Hbond substituents is 1. The number of benzene rings is 1. The SMILES string of the molecule is COc1cc(C(C)N2CCC(CN)CC2)ccc1O. The van der Waals surface area contributed by atoms with Gasteiger partial charge in [-0.3, -0.25) is 4.90 Å². The summed E-state index contributed by atoms with van der Waals surface area (Å²) in [6.45, 7) is 5.18. The summed E-state index contributed by atoms with van der Waals surface area (Å²) < 4.78 is 5.17. The Morgan fingerprint density at radius 3 is 2.68 bits per heavy atom. The topological polar surface area (TPSA) is 58.7 Å². The number of rotatable bonds is 4. The smallest absolute Gasteiger partial charge is 0.160 e. The average Bonchev–Trinajstić information content (AvgIpc) is 2.47. The number of hydrogen-bond acceptors (Lipinski definition) is 4. The number of likely N-dealkylation sites (tertiary alicyclic amines) is 1. The molecule has 1 heterocycles. The van der Waals surface area contributed by atoms with Gasteiger partial charge in [-0.1, -0.05) is 6.07 Å². The van der Waals surface area contributed by atoms with Crippen LogP contribution < -0.4 is 10.5 Å². The molecule has 1 aromatic rings. The quantitative estimate of drug-likeness (QED) is 0.874. The predicted octanol–water partition coefficient (Wildman–Crippen LogP) is 2.13. The van der Waals surface area contributed by atoms with E-state index >= 15 is 0 Å². The number of piperidine rings is 1. The van der Waals surface area contributed by atoms with E-state index in [4.69, 9.17) is 10.5 Å². The Labute approximate surface area is 115 Å². The first-order valence-electron chi connectivity index (χ1n) is 6.96. The summed E-state index contributed by atoms with van der Waals surface area (Å²) in [6, 6.07) is 5.94. The van der Waals surface area contributed by atoms with E-state index in [9.17, 15) is 5.11 Å². The van der Waals surface area contributed by atoms with Crippen LogP contribution in [0.5, 0.6) is 11.5 Å². The summed E-state index contributed by atoms with van der Waals surface area (Å²) in [5, 5.41) is 9.64. The number of aromatic hydroxyl groups is 1. The zero-order valence-electron chi connectivity index (χ0n) is 11.8. The standard InChI is InChI=1S/C15H24N2O2/c1-11(17-7-5-12(10-16)6-8-17)13-3-4-14(18)15(9-13)19-2/h3-4,9,11-12,18H,5-8,10,16H2,1-2H3. The molecule has 1 aromatic carbocycles. The van der Waals surface area contributed by atoms with E-state index in [2.05, 4.69) is 11.8 Å². The number of phenols is 1. The third kappa shape index (κ3) is 3.19. The largest absolute Gasteiger partial charge is 0.504 e. The van der Waals surface area contributed by atoms with Crippen molar-refractivity contribution < 1.29 is 9.84 Å². The summed E-state index contributed by atoms with van der Waals surface area (Å²) >= 11 is 0. The monoisotopic (exact) mass is 264 g/mol. The molecule has 0 bridgehead atoms. The fourth-order valence-electron chi connectivity index (χ4n) is 2.74. The van der Waals surface area contributed by atoms with Gasteiger partial charge in [0.1, 0.15) is 0 Å². The van der Waals surface area contributed by atoms with Gasteiger partial charge in [-0.15, -0.1) is 0 Å². The molecule has 0 aromatic heterocycles. The summed E-state index contributed by atoms with van der Waals surface area (Å²) in [5.41, 5.74) is 6.91. The van der Waals surface area contributed by atoms with Crippen molar-refractivity contribution in [2.45, 2.75) is 25.8 Å². The number of ether oxygens (including phenoxy) is 1. The van der Waals surface area contributed by atoms with E-state index in [1.54, 1.807) is 13.2 Å². The summed E-state index contributed by atoms with van der Waals surface area (Å²) in [6.07, 6.45) is 2.35. The van der Waals surface area contributed by atoms with Crippen LogP contribution in [0, 0.1) is 5.92 Å². The molecule has 106 valence electrons. The highest BCUT2D eigenvalue weighted by Crippen LogP contribution is 2.32. The molecular formula is C15H24N2O2. The molecule has 0 amide bonds. The maximum atomic E-state index is 9.64. The van der Waals surface area contributed by atoms with Crippen LogP contribution in [0.15, 0.2) is 18.2 Å². The van der Waals surface area contributed by atoms with Crippen LogP contribution in [0.25, 0.3) is 0 Å². The number of nitrogens with zero attached hydrogens (tertiary/aromatic N) is 1. The molecule has 1 aliphatic rings. The van der Waals surface area contributed by atoms with E-state index in [1.807, 2.05) is 12.1 Å². The predicted molar refractivity (Wildman–Crippen MR) is 76.4 cm³/mol. The van der Waals surface area contributed by atoms with Crippen LogP contribution in [0.3, 0.4) is 0 Å². The van der Waals surface area contributed by atoms with E-state index in [-0.39, 0.29) is 5.75 Å². The molecule has 1 atom stereocenters. The van der Waals surface area contributed by atoms with Crippen molar-refractivity contribution in [2.24, 2.45) is 11.7 Å². The molecule has 1 unspecified atom stereocenters. The van der Waals surface area contributed by atoms with Crippen LogP contribution in [-0.2, 0) is 0 Å². The van der Waals surface area contributed by atoms with Gasteiger partial charge in [0.2, 0.25) is 0 Å². The summed E-state index contributed by atoms with van der Waals surface area (Å²) in [5.74, 6) is 1.42. The lowest BCUT2D eigenvalue weighted by atomic mass is 9.95. The molecular weight excluding hydrogens is 240 g/mol. The lowest BCUT2D eigenvalue weighted by molar-refractivity contribution is 0.143. The molecule has 1 aliphatic heterocycles. The average molecular weight is 264 g/mol. The molecule has 4 nitrogen and oxygen atoms in total. The molecule has 19 heavy (non-hydrogen) atoms. The fourth-order valence-corrected chi connectivity index (χ4v) is 2.74. The van der Waals surface area contributed by atoms with Crippen molar-refractivity contribution in [3.63, 3.8) is 0 Å². The molecule has 0 aliphatic carbocycles. The van der Waals surface area contributed by atoms with Crippen LogP contribution in [-0.4, -0.2) is 36.8 Å². The van der Waals surface area contributed by atoms with Gasteiger partial charge in [-0.05, 0) is 63.0 Å². The normalized spacial score (nSPS) is 19.3. The number of hydrogen-bond donors (Lipinski definition) is 2. The first-order valence-corrected chi connectivity index (χ1v) is 6.96. The Hall–Kier alpha value is -1.26. The van der Waals surface area contributed by atoms with E-state index in [0.717, 1.165) is 19.6 Å². The second kappa shape index (κ2) is 6.26. The second-order valence-corrected chi connectivity index (χ2v) is 5.32. The van der Waals surface area contributed by atoms with E-state index in [0.29, 0.717) is 17.7 Å². The maximum Gasteiger partial charge on any atom is 0.160 e. The van der Waals surface area contributed by atoms with Crippen molar-refractivity contribution in [2.75, 3.05) is 26.7 Å². The van der Waals surface area contributed by atoms with Crippen LogP contribution >= 0.6 is 0 Å². The Balaban J connectivity index is 2.05. The van der Waals surface area contributed by atoms with E-state index < -0.39 is 0 Å². The minimum atomic E-state index is 0.195. The van der Waals surface area contributed by atoms with Gasteiger partial charge in [-0.25, -0.2) is 0 Å². The number of methoxy groups -OCH3 is 1. The van der Waals surface area contributed by atoms with Crippen molar-refractivity contribution in [1.82, 2.24) is 4.90 Å². The molecule has 1 fully saturated rings. The molecule has 0 radical (unpaired) electrons. The third-order valence-electron chi connectivity index (χ3n) is 4.22. The van der Waals surface area contributed by atoms with Crippen molar-refractivity contribution in [3.05, 3.63) is 23.8 Å². The molecule has 0 spiro atoms. The van der Waals surface area contributed by atoms with Crippen LogP contribution in [0.2, 0.25) is 0 Å². The van der Waals surface area contributed by atoms with Crippen LogP contribution in [0.1, 0.15) is 31.4 Å². The van der Waals surface area contributed by atoms with Gasteiger partial charge in [0.15, 0.2) is 11.5 Å². The third-order valence-corrected chi connectivity index (χ3v) is 4.22. The van der Waals surface area contributed by atoms with Gasteiger partial charge >= 0.3 is 0 Å². The Morgan fingerprint density at radius 2 is 2.11 bits per heavy atom. The van der Waals surface area contributed by atoms with Crippen molar-refractivity contribution in [3.8, 4) is 11.5 Å². The van der Waals surface area contributed by atoms with Gasteiger partial charge in [0.25, 0.3) is 0 Å². The first-order chi connectivity index (χ1) is 9.15. The van der Waals surface area contributed by atoms with Gasteiger partial charge in [-0.2, -0.15) is 0 Å².